The quantitative estimate of drug-likeness (QED) is 0.883. The van der Waals surface area contributed by atoms with Gasteiger partial charge < -0.3 is 10.2 Å². The van der Waals surface area contributed by atoms with Crippen molar-refractivity contribution in [3.8, 4) is 0 Å². The average molecular weight is 327 g/mol. The van der Waals surface area contributed by atoms with E-state index in [1.165, 1.54) is 12.1 Å². The number of nitrogens with zero attached hydrogens (tertiary/aromatic N) is 2. The Balaban J connectivity index is 1.61. The number of hydrogen-bond donors (Lipinski definition) is 1. The monoisotopic (exact) mass is 327 g/mol. The van der Waals surface area contributed by atoms with Crippen LogP contribution in [0.2, 0.25) is 0 Å². The summed E-state index contributed by atoms with van der Waals surface area (Å²) in [7, 11) is 0. The fourth-order valence-corrected chi connectivity index (χ4v) is 2.88. The predicted octanol–water partition coefficient (Wildman–Crippen LogP) is 3.48. The lowest BCUT2D eigenvalue weighted by atomic mass is 10.1. The molecule has 24 heavy (non-hydrogen) atoms. The molecule has 1 aromatic carbocycles. The zero-order chi connectivity index (χ0) is 17.0. The Bertz CT molecular complexity index is 684. The van der Waals surface area contributed by atoms with Crippen molar-refractivity contribution in [2.24, 2.45) is 0 Å². The Hall–Kier alpha value is -2.43. The van der Waals surface area contributed by atoms with Crippen LogP contribution in [0.5, 0.6) is 0 Å². The second-order valence-corrected chi connectivity index (χ2v) is 6.20. The molecule has 4 nitrogen and oxygen atoms in total. The van der Waals surface area contributed by atoms with Gasteiger partial charge in [-0.15, -0.1) is 0 Å². The summed E-state index contributed by atoms with van der Waals surface area (Å²) >= 11 is 0. The first-order valence-corrected chi connectivity index (χ1v) is 8.35. The van der Waals surface area contributed by atoms with Gasteiger partial charge >= 0.3 is 6.03 Å². The third kappa shape index (κ3) is 3.72. The van der Waals surface area contributed by atoms with E-state index in [1.54, 1.807) is 24.5 Å². The van der Waals surface area contributed by atoms with Gasteiger partial charge in [-0.2, -0.15) is 0 Å². The SMILES string of the molecule is CCN(CCc1ccncc1)C(=O)NC1(c2ccc(F)cc2)CC1. The molecule has 0 saturated heterocycles. The van der Waals surface area contributed by atoms with Gasteiger partial charge in [0.05, 0.1) is 5.54 Å². The molecule has 1 aliphatic rings. The zero-order valence-corrected chi connectivity index (χ0v) is 13.8. The molecule has 1 aromatic heterocycles. The number of benzene rings is 1. The van der Waals surface area contributed by atoms with E-state index in [9.17, 15) is 9.18 Å². The van der Waals surface area contributed by atoms with Crippen molar-refractivity contribution in [1.82, 2.24) is 15.2 Å². The number of hydrogen-bond acceptors (Lipinski definition) is 2. The van der Waals surface area contributed by atoms with Gasteiger partial charge in [-0.3, -0.25) is 4.98 Å². The Morgan fingerprint density at radius 3 is 2.46 bits per heavy atom. The molecule has 3 rings (SSSR count). The average Bonchev–Trinajstić information content (AvgIpc) is 3.37. The largest absolute Gasteiger partial charge is 0.328 e. The summed E-state index contributed by atoms with van der Waals surface area (Å²) in [4.78, 5) is 18.4. The number of carbonyl (C=O) groups excluding carboxylic acids is 1. The first-order valence-electron chi connectivity index (χ1n) is 8.35. The minimum Gasteiger partial charge on any atom is -0.328 e. The van der Waals surface area contributed by atoms with Crippen molar-refractivity contribution in [1.29, 1.82) is 0 Å². The lowest BCUT2D eigenvalue weighted by Gasteiger charge is -2.26. The van der Waals surface area contributed by atoms with Gasteiger partial charge in [0.15, 0.2) is 0 Å². The van der Waals surface area contributed by atoms with E-state index in [-0.39, 0.29) is 17.4 Å². The lowest BCUT2D eigenvalue weighted by Crippen LogP contribution is -2.45. The van der Waals surface area contributed by atoms with Gasteiger partial charge in [0.2, 0.25) is 0 Å². The maximum absolute atomic E-state index is 13.1. The van der Waals surface area contributed by atoms with Crippen molar-refractivity contribution >= 4 is 6.03 Å². The molecule has 0 atom stereocenters. The number of carbonyl (C=O) groups is 1. The topological polar surface area (TPSA) is 45.2 Å². The van der Waals surface area contributed by atoms with E-state index in [2.05, 4.69) is 10.3 Å². The van der Waals surface area contributed by atoms with Crippen LogP contribution >= 0.6 is 0 Å². The highest BCUT2D eigenvalue weighted by molar-refractivity contribution is 5.76. The molecule has 0 spiro atoms. The minimum atomic E-state index is -0.325. The molecule has 1 fully saturated rings. The van der Waals surface area contributed by atoms with Crippen LogP contribution in [-0.4, -0.2) is 29.0 Å². The highest BCUT2D eigenvalue weighted by atomic mass is 19.1. The molecule has 0 radical (unpaired) electrons. The first-order chi connectivity index (χ1) is 11.6. The normalized spacial score (nSPS) is 14.9. The number of aromatic nitrogens is 1. The van der Waals surface area contributed by atoms with Gasteiger partial charge in [0.1, 0.15) is 5.82 Å². The standard InChI is InChI=1S/C19H22FN3O/c1-2-23(14-9-15-7-12-21-13-8-15)18(24)22-19(10-11-19)16-3-5-17(20)6-4-16/h3-8,12-13H,2,9-11,14H2,1H3,(H,22,24). The molecule has 0 unspecified atom stereocenters. The molecule has 2 amide bonds. The van der Waals surface area contributed by atoms with Gasteiger partial charge in [-0.25, -0.2) is 9.18 Å². The molecule has 5 heteroatoms. The Morgan fingerprint density at radius 2 is 1.88 bits per heavy atom. The van der Waals surface area contributed by atoms with Crippen LogP contribution in [0.15, 0.2) is 48.8 Å². The van der Waals surface area contributed by atoms with E-state index < -0.39 is 0 Å². The number of likely N-dealkylation sites (N-methyl/N-ethyl adjacent to an activating group) is 1. The van der Waals surface area contributed by atoms with Crippen molar-refractivity contribution in [3.63, 3.8) is 0 Å². The second-order valence-electron chi connectivity index (χ2n) is 6.20. The van der Waals surface area contributed by atoms with Crippen LogP contribution in [0.25, 0.3) is 0 Å². The van der Waals surface area contributed by atoms with Crippen LogP contribution in [0, 0.1) is 5.82 Å². The van der Waals surface area contributed by atoms with Gasteiger partial charge in [0, 0.05) is 25.5 Å². The number of amides is 2. The van der Waals surface area contributed by atoms with Crippen LogP contribution in [0.3, 0.4) is 0 Å². The molecule has 0 bridgehead atoms. The fourth-order valence-electron chi connectivity index (χ4n) is 2.88. The molecule has 1 aliphatic carbocycles. The molecule has 126 valence electrons. The van der Waals surface area contributed by atoms with E-state index >= 15 is 0 Å². The minimum absolute atomic E-state index is 0.0617. The van der Waals surface area contributed by atoms with E-state index in [1.807, 2.05) is 24.0 Å². The Morgan fingerprint density at radius 1 is 1.21 bits per heavy atom. The van der Waals surface area contributed by atoms with E-state index in [4.69, 9.17) is 0 Å². The molecule has 2 aromatic rings. The van der Waals surface area contributed by atoms with Crippen molar-refractivity contribution in [3.05, 3.63) is 65.7 Å². The number of urea groups is 1. The van der Waals surface area contributed by atoms with E-state index in [0.717, 1.165) is 30.4 Å². The maximum Gasteiger partial charge on any atom is 0.318 e. The fraction of sp³-hybridized carbons (Fsp3) is 0.368. The Labute approximate surface area is 141 Å². The Kier molecular flexibility index (Phi) is 4.79. The van der Waals surface area contributed by atoms with Gasteiger partial charge in [-0.05, 0) is 61.6 Å². The summed E-state index contributed by atoms with van der Waals surface area (Å²) in [6.45, 7) is 3.28. The van der Waals surface area contributed by atoms with Crippen LogP contribution < -0.4 is 5.32 Å². The highest BCUT2D eigenvalue weighted by Crippen LogP contribution is 2.45. The summed E-state index contributed by atoms with van der Waals surface area (Å²) < 4.78 is 13.1. The van der Waals surface area contributed by atoms with Crippen molar-refractivity contribution in [2.75, 3.05) is 13.1 Å². The smallest absolute Gasteiger partial charge is 0.318 e. The van der Waals surface area contributed by atoms with Crippen molar-refractivity contribution < 1.29 is 9.18 Å². The number of nitrogens with one attached hydrogen (secondary N) is 1. The lowest BCUT2D eigenvalue weighted by molar-refractivity contribution is 0.195. The summed E-state index contributed by atoms with van der Waals surface area (Å²) in [5.41, 5.74) is 1.81. The van der Waals surface area contributed by atoms with Gasteiger partial charge in [0.25, 0.3) is 0 Å². The summed E-state index contributed by atoms with van der Waals surface area (Å²) in [6.07, 6.45) is 6.12. The number of pyridine rings is 1. The molecule has 1 heterocycles. The predicted molar refractivity (Wildman–Crippen MR) is 91.0 cm³/mol. The zero-order valence-electron chi connectivity index (χ0n) is 13.8. The van der Waals surface area contributed by atoms with Gasteiger partial charge in [-0.1, -0.05) is 12.1 Å². The van der Waals surface area contributed by atoms with Crippen LogP contribution in [0.1, 0.15) is 30.9 Å². The molecular weight excluding hydrogens is 305 g/mol. The molecular formula is C19H22FN3O. The number of rotatable bonds is 6. The highest BCUT2D eigenvalue weighted by Gasteiger charge is 2.46. The summed E-state index contributed by atoms with van der Waals surface area (Å²) in [5.74, 6) is -0.256. The van der Waals surface area contributed by atoms with Crippen LogP contribution in [-0.2, 0) is 12.0 Å². The van der Waals surface area contributed by atoms with E-state index in [0.29, 0.717) is 13.1 Å². The second kappa shape index (κ2) is 6.99. The van der Waals surface area contributed by atoms with Crippen LogP contribution in [0.4, 0.5) is 9.18 Å². The summed E-state index contributed by atoms with van der Waals surface area (Å²) in [5, 5.41) is 3.14. The maximum atomic E-state index is 13.1. The molecule has 1 N–H and O–H groups in total. The first kappa shape index (κ1) is 16.4. The summed E-state index contributed by atoms with van der Waals surface area (Å²) in [6, 6.07) is 10.3. The number of halogens is 1. The van der Waals surface area contributed by atoms with Crippen molar-refractivity contribution in [2.45, 2.75) is 31.7 Å². The third-order valence-corrected chi connectivity index (χ3v) is 4.58. The third-order valence-electron chi connectivity index (χ3n) is 4.58. The molecule has 1 saturated carbocycles. The molecule has 0 aliphatic heterocycles.